The van der Waals surface area contributed by atoms with E-state index in [1.165, 1.54) is 12.1 Å². The molecule has 0 fully saturated rings. The Morgan fingerprint density at radius 3 is 2.21 bits per heavy atom. The number of hydrogen-bond acceptors (Lipinski definition) is 3. The maximum Gasteiger partial charge on any atom is 0.169 e. The van der Waals surface area contributed by atoms with Crippen molar-refractivity contribution < 1.29 is 13.9 Å². The van der Waals surface area contributed by atoms with Crippen LogP contribution in [0.3, 0.4) is 0 Å². The first kappa shape index (κ1) is 16.1. The normalized spacial score (nSPS) is 12.9. The average molecular weight is 269 g/mol. The summed E-state index contributed by atoms with van der Waals surface area (Å²) in [6, 6.07) is 6.90. The van der Waals surface area contributed by atoms with Crippen molar-refractivity contribution in [3.63, 3.8) is 0 Å². The summed E-state index contributed by atoms with van der Waals surface area (Å²) < 4.78 is 23.7. The van der Waals surface area contributed by atoms with E-state index in [0.717, 1.165) is 12.0 Å². The molecule has 1 aromatic carbocycles. The molecule has 0 amide bonds. The molecule has 0 saturated carbocycles. The first-order valence-electron chi connectivity index (χ1n) is 6.86. The second-order valence-corrected chi connectivity index (χ2v) is 4.48. The van der Waals surface area contributed by atoms with Crippen molar-refractivity contribution in [3.8, 4) is 0 Å². The van der Waals surface area contributed by atoms with Crippen LogP contribution in [0.15, 0.2) is 24.3 Å². The maximum absolute atomic E-state index is 12.8. The minimum Gasteiger partial charge on any atom is -0.352 e. The zero-order valence-electron chi connectivity index (χ0n) is 12.0. The first-order valence-corrected chi connectivity index (χ1v) is 6.86. The molecule has 19 heavy (non-hydrogen) atoms. The SMILES string of the molecule is CCOC(CNC(C)Cc1ccc(F)cc1)OCC. The Balaban J connectivity index is 2.33. The molecule has 0 aliphatic carbocycles. The molecule has 1 atom stereocenters. The summed E-state index contributed by atoms with van der Waals surface area (Å²) in [7, 11) is 0. The molecular formula is C15H24FNO2. The second-order valence-electron chi connectivity index (χ2n) is 4.48. The molecule has 0 spiro atoms. The number of hydrogen-bond donors (Lipinski definition) is 1. The molecule has 1 rings (SSSR count). The summed E-state index contributed by atoms with van der Waals surface area (Å²) in [5, 5.41) is 3.37. The van der Waals surface area contributed by atoms with Crippen LogP contribution >= 0.6 is 0 Å². The zero-order chi connectivity index (χ0) is 14.1. The molecule has 0 aliphatic rings. The number of ether oxygens (including phenoxy) is 2. The molecule has 0 bridgehead atoms. The van der Waals surface area contributed by atoms with Crippen molar-refractivity contribution in [1.82, 2.24) is 5.32 Å². The van der Waals surface area contributed by atoms with Crippen molar-refractivity contribution in [2.24, 2.45) is 0 Å². The van der Waals surface area contributed by atoms with Gasteiger partial charge in [0.1, 0.15) is 5.82 Å². The molecule has 1 N–H and O–H groups in total. The minimum absolute atomic E-state index is 0.197. The van der Waals surface area contributed by atoms with Crippen molar-refractivity contribution >= 4 is 0 Å². The summed E-state index contributed by atoms with van der Waals surface area (Å²) >= 11 is 0. The summed E-state index contributed by atoms with van der Waals surface area (Å²) in [5.74, 6) is -0.197. The lowest BCUT2D eigenvalue weighted by atomic mass is 10.1. The van der Waals surface area contributed by atoms with E-state index in [-0.39, 0.29) is 18.1 Å². The van der Waals surface area contributed by atoms with Crippen molar-refractivity contribution in [2.45, 2.75) is 39.5 Å². The Labute approximate surface area is 115 Å². The van der Waals surface area contributed by atoms with Crippen LogP contribution < -0.4 is 5.32 Å². The molecule has 1 aromatic rings. The number of rotatable bonds is 9. The van der Waals surface area contributed by atoms with Gasteiger partial charge in [0.05, 0.1) is 0 Å². The standard InChI is InChI=1S/C15H24FNO2/c1-4-18-15(19-5-2)11-17-12(3)10-13-6-8-14(16)9-7-13/h6-9,12,15,17H,4-5,10-11H2,1-3H3. The summed E-state index contributed by atoms with van der Waals surface area (Å²) in [4.78, 5) is 0. The van der Waals surface area contributed by atoms with Crippen LogP contribution in [-0.4, -0.2) is 32.1 Å². The topological polar surface area (TPSA) is 30.5 Å². The van der Waals surface area contributed by atoms with Gasteiger partial charge in [0.2, 0.25) is 0 Å². The van der Waals surface area contributed by atoms with Crippen molar-refractivity contribution in [1.29, 1.82) is 0 Å². The number of halogens is 1. The third-order valence-electron chi connectivity index (χ3n) is 2.79. The monoisotopic (exact) mass is 269 g/mol. The van der Waals surface area contributed by atoms with E-state index in [2.05, 4.69) is 12.2 Å². The zero-order valence-corrected chi connectivity index (χ0v) is 12.0. The lowest BCUT2D eigenvalue weighted by Gasteiger charge is -2.20. The van der Waals surface area contributed by atoms with E-state index in [4.69, 9.17) is 9.47 Å². The van der Waals surface area contributed by atoms with Crippen LogP contribution in [0.2, 0.25) is 0 Å². The summed E-state index contributed by atoms with van der Waals surface area (Å²) in [5.41, 5.74) is 1.12. The highest BCUT2D eigenvalue weighted by atomic mass is 19.1. The number of benzene rings is 1. The highest BCUT2D eigenvalue weighted by Crippen LogP contribution is 2.06. The highest BCUT2D eigenvalue weighted by molar-refractivity contribution is 5.16. The Morgan fingerprint density at radius 1 is 1.11 bits per heavy atom. The largest absolute Gasteiger partial charge is 0.352 e. The molecule has 4 heteroatoms. The Bertz CT molecular complexity index is 337. The average Bonchev–Trinajstić information content (AvgIpc) is 2.39. The molecule has 0 aromatic heterocycles. The van der Waals surface area contributed by atoms with Crippen LogP contribution in [0, 0.1) is 5.82 Å². The van der Waals surface area contributed by atoms with Gasteiger partial charge in [-0.1, -0.05) is 12.1 Å². The van der Waals surface area contributed by atoms with Gasteiger partial charge in [-0.2, -0.15) is 0 Å². The van der Waals surface area contributed by atoms with Gasteiger partial charge in [-0.3, -0.25) is 0 Å². The smallest absolute Gasteiger partial charge is 0.169 e. The third-order valence-corrected chi connectivity index (χ3v) is 2.79. The predicted molar refractivity (Wildman–Crippen MR) is 74.6 cm³/mol. The fraction of sp³-hybridized carbons (Fsp3) is 0.600. The van der Waals surface area contributed by atoms with E-state index in [9.17, 15) is 4.39 Å². The Hall–Kier alpha value is -0.970. The van der Waals surface area contributed by atoms with Crippen LogP contribution in [0.5, 0.6) is 0 Å². The van der Waals surface area contributed by atoms with Gasteiger partial charge in [0.25, 0.3) is 0 Å². The van der Waals surface area contributed by atoms with Crippen molar-refractivity contribution in [2.75, 3.05) is 19.8 Å². The quantitative estimate of drug-likeness (QED) is 0.699. The Kier molecular flexibility index (Phi) is 7.63. The molecule has 0 radical (unpaired) electrons. The first-order chi connectivity index (χ1) is 9.15. The second kappa shape index (κ2) is 9.02. The highest BCUT2D eigenvalue weighted by Gasteiger charge is 2.10. The van der Waals surface area contributed by atoms with Gasteiger partial charge in [-0.25, -0.2) is 4.39 Å². The molecule has 108 valence electrons. The predicted octanol–water partition coefficient (Wildman–Crippen LogP) is 2.75. The van der Waals surface area contributed by atoms with Crippen LogP contribution in [0.25, 0.3) is 0 Å². The van der Waals surface area contributed by atoms with Gasteiger partial charge < -0.3 is 14.8 Å². The Morgan fingerprint density at radius 2 is 1.68 bits per heavy atom. The molecule has 0 heterocycles. The molecule has 0 saturated heterocycles. The van der Waals surface area contributed by atoms with E-state index in [0.29, 0.717) is 19.8 Å². The van der Waals surface area contributed by atoms with Gasteiger partial charge in [0, 0.05) is 25.8 Å². The molecule has 0 aliphatic heterocycles. The lowest BCUT2D eigenvalue weighted by molar-refractivity contribution is -0.133. The van der Waals surface area contributed by atoms with Gasteiger partial charge in [-0.05, 0) is 44.9 Å². The fourth-order valence-corrected chi connectivity index (χ4v) is 1.88. The van der Waals surface area contributed by atoms with Gasteiger partial charge in [-0.15, -0.1) is 0 Å². The minimum atomic E-state index is -0.203. The van der Waals surface area contributed by atoms with E-state index in [1.54, 1.807) is 0 Å². The third kappa shape index (κ3) is 6.66. The van der Waals surface area contributed by atoms with Gasteiger partial charge in [0.15, 0.2) is 6.29 Å². The lowest BCUT2D eigenvalue weighted by Crippen LogP contribution is -2.37. The van der Waals surface area contributed by atoms with E-state index in [1.807, 2.05) is 26.0 Å². The summed E-state index contributed by atoms with van der Waals surface area (Å²) in [6.07, 6.45) is 0.649. The summed E-state index contributed by atoms with van der Waals surface area (Å²) in [6.45, 7) is 7.93. The van der Waals surface area contributed by atoms with E-state index < -0.39 is 0 Å². The van der Waals surface area contributed by atoms with Crippen LogP contribution in [0.1, 0.15) is 26.3 Å². The fourth-order valence-electron chi connectivity index (χ4n) is 1.88. The van der Waals surface area contributed by atoms with Gasteiger partial charge >= 0.3 is 0 Å². The number of nitrogens with one attached hydrogen (secondary N) is 1. The molecule has 1 unspecified atom stereocenters. The molecular weight excluding hydrogens is 245 g/mol. The van der Waals surface area contributed by atoms with Crippen LogP contribution in [0.4, 0.5) is 4.39 Å². The van der Waals surface area contributed by atoms with Crippen molar-refractivity contribution in [3.05, 3.63) is 35.6 Å². The maximum atomic E-state index is 12.8. The van der Waals surface area contributed by atoms with E-state index >= 15 is 0 Å². The van der Waals surface area contributed by atoms with Crippen LogP contribution in [-0.2, 0) is 15.9 Å². The molecule has 3 nitrogen and oxygen atoms in total.